The number of phenolic OH excluding ortho intramolecular Hbond substituents is 1. The molecule has 0 aromatic heterocycles. The molecule has 0 aliphatic carbocycles. The number of thioether (sulfide) groups is 1. The molecule has 0 spiro atoms. The van der Waals surface area contributed by atoms with Crippen molar-refractivity contribution in [3.63, 3.8) is 0 Å². The molecular formula is C24H39N5O7S. The quantitative estimate of drug-likeness (QED) is 0.113. The molecule has 0 fully saturated rings. The summed E-state index contributed by atoms with van der Waals surface area (Å²) in [6, 6.07) is 1.45. The van der Waals surface area contributed by atoms with E-state index in [0.717, 1.165) is 0 Å². The van der Waals surface area contributed by atoms with Crippen LogP contribution in [0.3, 0.4) is 0 Å². The van der Waals surface area contributed by atoms with Gasteiger partial charge in [-0.2, -0.15) is 11.8 Å². The Morgan fingerprint density at radius 1 is 0.946 bits per heavy atom. The van der Waals surface area contributed by atoms with Gasteiger partial charge in [-0.05, 0) is 75.3 Å². The van der Waals surface area contributed by atoms with Crippen LogP contribution >= 0.6 is 11.8 Å². The highest BCUT2D eigenvalue weighted by Gasteiger charge is 2.32. The van der Waals surface area contributed by atoms with Gasteiger partial charge < -0.3 is 42.7 Å². The molecule has 1 aromatic rings. The third-order valence-corrected chi connectivity index (χ3v) is 6.24. The molecule has 0 heterocycles. The number of aliphatic carboxylic acids is 1. The van der Waals surface area contributed by atoms with Gasteiger partial charge in [-0.25, -0.2) is 4.79 Å². The zero-order valence-electron chi connectivity index (χ0n) is 21.2. The summed E-state index contributed by atoms with van der Waals surface area (Å²) in [5.74, 6) is -2.80. The molecule has 1 rings (SSSR count). The van der Waals surface area contributed by atoms with E-state index in [1.807, 2.05) is 6.26 Å². The van der Waals surface area contributed by atoms with Gasteiger partial charge in [0.05, 0.1) is 12.1 Å². The van der Waals surface area contributed by atoms with Crippen molar-refractivity contribution in [2.45, 2.75) is 69.3 Å². The van der Waals surface area contributed by atoms with Crippen LogP contribution in [0.15, 0.2) is 24.3 Å². The van der Waals surface area contributed by atoms with Crippen LogP contribution in [0.4, 0.5) is 0 Å². The van der Waals surface area contributed by atoms with Gasteiger partial charge in [0.25, 0.3) is 0 Å². The monoisotopic (exact) mass is 541 g/mol. The number of unbranched alkanes of at least 4 members (excludes halogenated alkanes) is 1. The van der Waals surface area contributed by atoms with Gasteiger partial charge in [-0.3, -0.25) is 14.4 Å². The van der Waals surface area contributed by atoms with Crippen LogP contribution in [0.5, 0.6) is 5.75 Å². The van der Waals surface area contributed by atoms with Crippen molar-refractivity contribution in [2.75, 3.05) is 18.6 Å². The molecule has 0 aliphatic heterocycles. The minimum absolute atomic E-state index is 0.0663. The van der Waals surface area contributed by atoms with Crippen LogP contribution in [0.2, 0.25) is 0 Å². The highest BCUT2D eigenvalue weighted by molar-refractivity contribution is 7.98. The van der Waals surface area contributed by atoms with Crippen LogP contribution in [0.1, 0.15) is 38.2 Å². The summed E-state index contributed by atoms with van der Waals surface area (Å²) in [7, 11) is 0. The number of hydrogen-bond acceptors (Lipinski definition) is 9. The maximum Gasteiger partial charge on any atom is 0.326 e. The van der Waals surface area contributed by atoms with Crippen LogP contribution in [0.25, 0.3) is 0 Å². The first-order valence-corrected chi connectivity index (χ1v) is 13.4. The molecule has 1 aromatic carbocycles. The number of hydrogen-bond donors (Lipinski definition) is 8. The first-order chi connectivity index (χ1) is 17.5. The van der Waals surface area contributed by atoms with E-state index in [1.54, 1.807) is 12.1 Å². The molecule has 37 heavy (non-hydrogen) atoms. The zero-order valence-corrected chi connectivity index (χ0v) is 22.0. The smallest absolute Gasteiger partial charge is 0.326 e. The standard InChI is InChI=1S/C24H39N5O7S/c1-14(30)20(29-21(32)17(26)13-15-6-8-16(31)9-7-15)23(34)27-18(5-3-4-11-25)22(33)28-19(24(35)36)10-12-37-2/h6-9,14,17-20,30-31H,3-5,10-13,25-26H2,1-2H3,(H,27,34)(H,28,33)(H,29,32)(H,35,36). The van der Waals surface area contributed by atoms with Crippen LogP contribution in [-0.4, -0.2) is 87.8 Å². The molecule has 5 atom stereocenters. The Kier molecular flexibility index (Phi) is 14.6. The van der Waals surface area contributed by atoms with E-state index >= 15 is 0 Å². The summed E-state index contributed by atoms with van der Waals surface area (Å²) in [6.07, 6.45) is 2.08. The molecule has 12 nitrogen and oxygen atoms in total. The second-order valence-corrected chi connectivity index (χ2v) is 9.72. The number of carboxylic acids is 1. The predicted molar refractivity (Wildman–Crippen MR) is 141 cm³/mol. The van der Waals surface area contributed by atoms with Gasteiger partial charge in [-0.1, -0.05) is 12.1 Å². The van der Waals surface area contributed by atoms with Crippen molar-refractivity contribution < 1.29 is 34.5 Å². The molecule has 0 bridgehead atoms. The number of rotatable bonds is 17. The van der Waals surface area contributed by atoms with Crippen molar-refractivity contribution in [3.8, 4) is 5.75 Å². The lowest BCUT2D eigenvalue weighted by atomic mass is 10.0. The number of benzene rings is 1. The number of phenols is 1. The largest absolute Gasteiger partial charge is 0.508 e. The topological polar surface area (TPSA) is 217 Å². The number of carbonyl (C=O) groups is 4. The highest BCUT2D eigenvalue weighted by atomic mass is 32.2. The van der Waals surface area contributed by atoms with Crippen molar-refractivity contribution >= 4 is 35.5 Å². The van der Waals surface area contributed by atoms with E-state index < -0.39 is 54.0 Å². The Balaban J connectivity index is 2.91. The van der Waals surface area contributed by atoms with Gasteiger partial charge in [0, 0.05) is 0 Å². The number of carboxylic acid groups (broad SMARTS) is 1. The summed E-state index contributed by atoms with van der Waals surface area (Å²) in [4.78, 5) is 50.1. The normalized spacial score (nSPS) is 15.1. The minimum Gasteiger partial charge on any atom is -0.508 e. The minimum atomic E-state index is -1.41. The third-order valence-electron chi connectivity index (χ3n) is 5.60. The number of amides is 3. The van der Waals surface area contributed by atoms with Gasteiger partial charge in [0.1, 0.15) is 23.9 Å². The predicted octanol–water partition coefficient (Wildman–Crippen LogP) is -0.936. The van der Waals surface area contributed by atoms with Crippen molar-refractivity contribution in [1.29, 1.82) is 0 Å². The van der Waals surface area contributed by atoms with Crippen LogP contribution in [-0.2, 0) is 25.6 Å². The lowest BCUT2D eigenvalue weighted by Gasteiger charge is -2.26. The van der Waals surface area contributed by atoms with Gasteiger partial charge >= 0.3 is 5.97 Å². The summed E-state index contributed by atoms with van der Waals surface area (Å²) in [5.41, 5.74) is 12.2. The van der Waals surface area contributed by atoms with Crippen LogP contribution < -0.4 is 27.4 Å². The SMILES string of the molecule is CSCCC(NC(=O)C(CCCCN)NC(=O)C(NC(=O)C(N)Cc1ccc(O)cc1)C(C)O)C(=O)O. The third kappa shape index (κ3) is 11.8. The average Bonchev–Trinajstić information content (AvgIpc) is 2.85. The lowest BCUT2D eigenvalue weighted by molar-refractivity contribution is -0.142. The number of nitrogens with one attached hydrogen (secondary N) is 3. The molecule has 3 amide bonds. The fourth-order valence-electron chi connectivity index (χ4n) is 3.43. The number of aliphatic hydroxyl groups is 1. The maximum atomic E-state index is 13.0. The Morgan fingerprint density at radius 2 is 1.57 bits per heavy atom. The lowest BCUT2D eigenvalue weighted by Crippen LogP contribution is -2.60. The molecule has 10 N–H and O–H groups in total. The fraction of sp³-hybridized carbons (Fsp3) is 0.583. The highest BCUT2D eigenvalue weighted by Crippen LogP contribution is 2.11. The Labute approximate surface area is 220 Å². The Hall–Kier alpha value is -2.87. The van der Waals surface area contributed by atoms with E-state index in [2.05, 4.69) is 16.0 Å². The number of aliphatic hydroxyl groups excluding tert-OH is 1. The summed E-state index contributed by atoms with van der Waals surface area (Å²) in [6.45, 7) is 1.68. The molecule has 0 saturated heterocycles. The molecule has 5 unspecified atom stereocenters. The molecule has 0 aliphatic rings. The number of nitrogens with two attached hydrogens (primary N) is 2. The van der Waals surface area contributed by atoms with Gasteiger partial charge in [0.2, 0.25) is 17.7 Å². The van der Waals surface area contributed by atoms with Crippen molar-refractivity contribution in [2.24, 2.45) is 11.5 Å². The maximum absolute atomic E-state index is 13.0. The van der Waals surface area contributed by atoms with E-state index in [0.29, 0.717) is 30.7 Å². The summed E-state index contributed by atoms with van der Waals surface area (Å²) in [5, 5.41) is 36.4. The Bertz CT molecular complexity index is 885. The summed E-state index contributed by atoms with van der Waals surface area (Å²) >= 11 is 1.44. The first-order valence-electron chi connectivity index (χ1n) is 12.0. The van der Waals surface area contributed by atoms with Gasteiger partial charge in [-0.15, -0.1) is 0 Å². The second kappa shape index (κ2) is 16.8. The summed E-state index contributed by atoms with van der Waals surface area (Å²) < 4.78 is 0. The molecular weight excluding hydrogens is 502 g/mol. The zero-order chi connectivity index (χ0) is 28.0. The molecule has 208 valence electrons. The number of carbonyl (C=O) groups excluding carboxylic acids is 3. The molecule has 0 radical (unpaired) electrons. The van der Waals surface area contributed by atoms with E-state index in [9.17, 15) is 34.5 Å². The first kappa shape index (κ1) is 32.2. The molecule has 0 saturated carbocycles. The van der Waals surface area contributed by atoms with Crippen LogP contribution in [0, 0.1) is 0 Å². The second-order valence-electron chi connectivity index (χ2n) is 8.73. The fourth-order valence-corrected chi connectivity index (χ4v) is 3.90. The number of aromatic hydroxyl groups is 1. The Morgan fingerprint density at radius 3 is 2.11 bits per heavy atom. The van der Waals surface area contributed by atoms with Crippen molar-refractivity contribution in [1.82, 2.24) is 16.0 Å². The van der Waals surface area contributed by atoms with E-state index in [-0.39, 0.29) is 25.0 Å². The van der Waals surface area contributed by atoms with Gasteiger partial charge in [0.15, 0.2) is 0 Å². The van der Waals surface area contributed by atoms with Crippen molar-refractivity contribution in [3.05, 3.63) is 29.8 Å². The molecule has 13 heteroatoms. The van der Waals surface area contributed by atoms with E-state index in [4.69, 9.17) is 11.5 Å². The average molecular weight is 542 g/mol. The van der Waals surface area contributed by atoms with E-state index in [1.165, 1.54) is 30.8 Å².